The summed E-state index contributed by atoms with van der Waals surface area (Å²) in [6.07, 6.45) is 0.164. The molecule has 0 heterocycles. The van der Waals surface area contributed by atoms with Gasteiger partial charge in [-0.15, -0.1) is 0 Å². The number of hydrazine groups is 1. The number of anilines is 1. The molecule has 0 bridgehead atoms. The Hall–Kier alpha value is -2.54. The maximum Gasteiger partial charge on any atom is 0.256 e. The first kappa shape index (κ1) is 24.1. The molecule has 0 saturated heterocycles. The molecule has 1 atom stereocenters. The molecule has 0 spiro atoms. The van der Waals surface area contributed by atoms with Crippen molar-refractivity contribution in [2.75, 3.05) is 5.32 Å². The smallest absolute Gasteiger partial charge is 0.256 e. The Labute approximate surface area is 206 Å². The number of amides is 1. The van der Waals surface area contributed by atoms with Crippen molar-refractivity contribution in [1.29, 1.82) is 0 Å². The van der Waals surface area contributed by atoms with Gasteiger partial charge in [0.05, 0.1) is 4.90 Å². The van der Waals surface area contributed by atoms with E-state index in [2.05, 4.69) is 43.5 Å². The summed E-state index contributed by atoms with van der Waals surface area (Å²) in [5.74, 6) is -0.569. The van der Waals surface area contributed by atoms with Gasteiger partial charge in [-0.2, -0.15) is 4.72 Å². The highest BCUT2D eigenvalue weighted by molar-refractivity contribution is 14.1. The zero-order valence-corrected chi connectivity index (χ0v) is 20.6. The van der Waals surface area contributed by atoms with E-state index in [0.717, 1.165) is 14.8 Å². The minimum atomic E-state index is -3.90. The van der Waals surface area contributed by atoms with Crippen LogP contribution in [0, 0.1) is 3.57 Å². The van der Waals surface area contributed by atoms with Crippen molar-refractivity contribution in [2.45, 2.75) is 17.4 Å². The Morgan fingerprint density at radius 1 is 0.875 bits per heavy atom. The topological polar surface area (TPSA) is 99.3 Å². The molecule has 0 aliphatic rings. The summed E-state index contributed by atoms with van der Waals surface area (Å²) in [7, 11) is -3.90. The molecular formula is C22H21IN4O3S2. The number of rotatable bonds is 7. The third-order valence-corrected chi connectivity index (χ3v) is 6.76. The number of sulfonamides is 1. The van der Waals surface area contributed by atoms with E-state index in [1.807, 2.05) is 54.6 Å². The molecule has 3 aromatic carbocycles. The standard InChI is InChI=1S/C22H21IN4O3S2/c23-17-11-13-18(14-12-17)24-22(31)26-25-21(28)20(15-16-7-3-1-4-8-16)27-32(29,30)19-9-5-2-6-10-19/h1-14,20,27H,15H2,(H,25,28)(H2,24,26,31)/t20-/m0/s1. The highest BCUT2D eigenvalue weighted by Crippen LogP contribution is 2.12. The Morgan fingerprint density at radius 3 is 2.09 bits per heavy atom. The van der Waals surface area contributed by atoms with Crippen LogP contribution >= 0.6 is 34.8 Å². The highest BCUT2D eigenvalue weighted by atomic mass is 127. The Morgan fingerprint density at radius 2 is 1.47 bits per heavy atom. The van der Waals surface area contributed by atoms with Crippen molar-refractivity contribution in [2.24, 2.45) is 0 Å². The van der Waals surface area contributed by atoms with E-state index >= 15 is 0 Å². The summed E-state index contributed by atoms with van der Waals surface area (Å²) in [6.45, 7) is 0. The molecule has 0 unspecified atom stereocenters. The summed E-state index contributed by atoms with van der Waals surface area (Å²) in [5, 5.41) is 3.12. The first-order valence-electron chi connectivity index (χ1n) is 9.57. The number of thiocarbonyl (C=S) groups is 1. The summed E-state index contributed by atoms with van der Waals surface area (Å²) in [6, 6.07) is 23.5. The first-order valence-corrected chi connectivity index (χ1v) is 12.5. The molecule has 10 heteroatoms. The zero-order valence-electron chi connectivity index (χ0n) is 16.8. The molecule has 0 saturated carbocycles. The van der Waals surface area contributed by atoms with Crippen LogP contribution in [0.4, 0.5) is 5.69 Å². The van der Waals surface area contributed by atoms with Gasteiger partial charge in [-0.3, -0.25) is 15.6 Å². The summed E-state index contributed by atoms with van der Waals surface area (Å²) >= 11 is 7.41. The second-order valence-corrected chi connectivity index (χ2v) is 10.1. The van der Waals surface area contributed by atoms with E-state index in [1.165, 1.54) is 12.1 Å². The lowest BCUT2D eigenvalue weighted by Crippen LogP contribution is -2.53. The summed E-state index contributed by atoms with van der Waals surface area (Å²) < 4.78 is 29.2. The van der Waals surface area contributed by atoms with Crippen molar-refractivity contribution in [3.8, 4) is 0 Å². The van der Waals surface area contributed by atoms with Crippen LogP contribution in [0.2, 0.25) is 0 Å². The van der Waals surface area contributed by atoms with Crippen molar-refractivity contribution in [1.82, 2.24) is 15.6 Å². The first-order chi connectivity index (χ1) is 15.3. The third-order valence-electron chi connectivity index (χ3n) is 4.35. The van der Waals surface area contributed by atoms with Crippen LogP contribution in [0.15, 0.2) is 89.8 Å². The number of benzene rings is 3. The molecule has 0 aliphatic heterocycles. The zero-order chi connectivity index (χ0) is 23.0. The van der Waals surface area contributed by atoms with Gasteiger partial charge < -0.3 is 5.32 Å². The van der Waals surface area contributed by atoms with Crippen molar-refractivity contribution in [3.63, 3.8) is 0 Å². The number of hydrogen-bond donors (Lipinski definition) is 4. The average Bonchev–Trinajstić information content (AvgIpc) is 2.80. The lowest BCUT2D eigenvalue weighted by molar-refractivity contribution is -0.123. The molecule has 4 N–H and O–H groups in total. The molecule has 0 aliphatic carbocycles. The molecule has 1 amide bonds. The number of carbonyl (C=O) groups is 1. The van der Waals surface area contributed by atoms with Crippen LogP contribution in [0.25, 0.3) is 0 Å². The number of carbonyl (C=O) groups excluding carboxylic acids is 1. The quantitative estimate of drug-likeness (QED) is 0.195. The van der Waals surface area contributed by atoms with Crippen molar-refractivity contribution < 1.29 is 13.2 Å². The van der Waals surface area contributed by atoms with Crippen LogP contribution < -0.4 is 20.9 Å². The van der Waals surface area contributed by atoms with Crippen LogP contribution in [0.5, 0.6) is 0 Å². The van der Waals surface area contributed by atoms with E-state index in [0.29, 0.717) is 0 Å². The average molecular weight is 580 g/mol. The van der Waals surface area contributed by atoms with Gasteiger partial charge >= 0.3 is 0 Å². The minimum absolute atomic E-state index is 0.0784. The SMILES string of the molecule is O=C(NNC(=S)Nc1ccc(I)cc1)[C@H](Cc1ccccc1)NS(=O)(=O)c1ccccc1. The van der Waals surface area contributed by atoms with E-state index in [-0.39, 0.29) is 16.4 Å². The van der Waals surface area contributed by atoms with Gasteiger partial charge in [-0.1, -0.05) is 48.5 Å². The predicted octanol–water partition coefficient (Wildman–Crippen LogP) is 3.20. The summed E-state index contributed by atoms with van der Waals surface area (Å²) in [4.78, 5) is 12.9. The molecule has 32 heavy (non-hydrogen) atoms. The fourth-order valence-corrected chi connectivity index (χ4v) is 4.54. The van der Waals surface area contributed by atoms with Crippen LogP contribution in [0.3, 0.4) is 0 Å². The van der Waals surface area contributed by atoms with E-state index in [4.69, 9.17) is 12.2 Å². The Bertz CT molecular complexity index is 1160. The molecule has 0 radical (unpaired) electrons. The molecule has 0 aromatic heterocycles. The maximum atomic E-state index is 12.9. The predicted molar refractivity (Wildman–Crippen MR) is 137 cm³/mol. The van der Waals surface area contributed by atoms with Gasteiger partial charge in [0, 0.05) is 9.26 Å². The van der Waals surface area contributed by atoms with E-state index < -0.39 is 22.0 Å². The fourth-order valence-electron chi connectivity index (χ4n) is 2.79. The van der Waals surface area contributed by atoms with Gasteiger partial charge in [0.1, 0.15) is 6.04 Å². The maximum absolute atomic E-state index is 12.9. The van der Waals surface area contributed by atoms with E-state index in [9.17, 15) is 13.2 Å². The molecule has 166 valence electrons. The van der Waals surface area contributed by atoms with Crippen LogP contribution in [-0.4, -0.2) is 25.5 Å². The van der Waals surface area contributed by atoms with Gasteiger partial charge in [0.25, 0.3) is 5.91 Å². The van der Waals surface area contributed by atoms with Gasteiger partial charge in [-0.25, -0.2) is 8.42 Å². The Balaban J connectivity index is 1.68. The lowest BCUT2D eigenvalue weighted by atomic mass is 10.1. The largest absolute Gasteiger partial charge is 0.331 e. The molecule has 3 rings (SSSR count). The van der Waals surface area contributed by atoms with Crippen molar-refractivity contribution >= 4 is 61.5 Å². The van der Waals surface area contributed by atoms with Gasteiger partial charge in [0.15, 0.2) is 5.11 Å². The number of nitrogens with one attached hydrogen (secondary N) is 4. The lowest BCUT2D eigenvalue weighted by Gasteiger charge is -2.20. The monoisotopic (exact) mass is 580 g/mol. The summed E-state index contributed by atoms with van der Waals surface area (Å²) in [5.41, 5.74) is 6.67. The third kappa shape index (κ3) is 7.26. The number of hydrogen-bond acceptors (Lipinski definition) is 4. The highest BCUT2D eigenvalue weighted by Gasteiger charge is 2.26. The second kappa shape index (κ2) is 11.4. The second-order valence-electron chi connectivity index (χ2n) is 6.75. The molecular weight excluding hydrogens is 559 g/mol. The molecule has 0 fully saturated rings. The normalized spacial score (nSPS) is 11.9. The Kier molecular flexibility index (Phi) is 8.56. The van der Waals surface area contributed by atoms with Crippen molar-refractivity contribution in [3.05, 3.63) is 94.1 Å². The van der Waals surface area contributed by atoms with Crippen LogP contribution in [0.1, 0.15) is 5.56 Å². The molecule has 3 aromatic rings. The number of halogens is 1. The molecule has 7 nitrogen and oxygen atoms in total. The minimum Gasteiger partial charge on any atom is -0.331 e. The van der Waals surface area contributed by atoms with E-state index in [1.54, 1.807) is 18.2 Å². The van der Waals surface area contributed by atoms with Crippen LogP contribution in [-0.2, 0) is 21.2 Å². The van der Waals surface area contributed by atoms with Gasteiger partial charge in [-0.05, 0) is 83.2 Å². The fraction of sp³-hybridized carbons (Fsp3) is 0.0909. The van der Waals surface area contributed by atoms with Gasteiger partial charge in [0.2, 0.25) is 10.0 Å².